The minimum atomic E-state index is -1.08. The molecule has 0 saturated carbocycles. The summed E-state index contributed by atoms with van der Waals surface area (Å²) in [5.74, 6) is -1.50. The van der Waals surface area contributed by atoms with E-state index >= 15 is 0 Å². The van der Waals surface area contributed by atoms with Crippen LogP contribution in [0.2, 0.25) is 0 Å². The lowest BCUT2D eigenvalue weighted by Gasteiger charge is -2.28. The van der Waals surface area contributed by atoms with E-state index in [4.69, 9.17) is 5.11 Å². The molecule has 0 aromatic carbocycles. The van der Waals surface area contributed by atoms with Crippen LogP contribution in [-0.2, 0) is 14.4 Å². The molecular formula is C14H24N2O4. The van der Waals surface area contributed by atoms with E-state index in [1.54, 1.807) is 4.90 Å². The molecule has 2 amide bonds. The van der Waals surface area contributed by atoms with Gasteiger partial charge in [0.2, 0.25) is 11.8 Å². The van der Waals surface area contributed by atoms with Gasteiger partial charge in [-0.05, 0) is 25.2 Å². The number of carboxylic acid groups (broad SMARTS) is 1. The van der Waals surface area contributed by atoms with Crippen molar-refractivity contribution in [3.05, 3.63) is 0 Å². The molecule has 1 heterocycles. The van der Waals surface area contributed by atoms with Gasteiger partial charge in [0.05, 0.1) is 0 Å². The molecule has 1 rings (SSSR count). The Bertz CT molecular complexity index is 400. The Balaban J connectivity index is 2.67. The SMILES string of the molecule is C[C@H](NC(=O)C1CCCN1C(=O)CC(C)(C)C)C(=O)O. The van der Waals surface area contributed by atoms with Crippen molar-refractivity contribution in [1.82, 2.24) is 10.2 Å². The molecule has 6 heteroatoms. The molecule has 0 aliphatic carbocycles. The summed E-state index contributed by atoms with van der Waals surface area (Å²) in [5, 5.41) is 11.2. The molecule has 0 spiro atoms. The van der Waals surface area contributed by atoms with Gasteiger partial charge in [-0.25, -0.2) is 0 Å². The van der Waals surface area contributed by atoms with Crippen molar-refractivity contribution in [2.45, 2.75) is 59.0 Å². The summed E-state index contributed by atoms with van der Waals surface area (Å²) in [7, 11) is 0. The summed E-state index contributed by atoms with van der Waals surface area (Å²) < 4.78 is 0. The number of nitrogens with one attached hydrogen (secondary N) is 1. The van der Waals surface area contributed by atoms with Crippen LogP contribution in [0.4, 0.5) is 0 Å². The second-order valence-electron chi connectivity index (χ2n) is 6.55. The Labute approximate surface area is 119 Å². The van der Waals surface area contributed by atoms with E-state index in [2.05, 4.69) is 5.32 Å². The van der Waals surface area contributed by atoms with Gasteiger partial charge < -0.3 is 15.3 Å². The van der Waals surface area contributed by atoms with Gasteiger partial charge in [0, 0.05) is 13.0 Å². The molecule has 1 fully saturated rings. The first-order valence-corrected chi connectivity index (χ1v) is 6.94. The Kier molecular flexibility index (Phi) is 5.14. The number of carbonyl (C=O) groups is 3. The third-order valence-corrected chi connectivity index (χ3v) is 3.29. The average Bonchev–Trinajstić information content (AvgIpc) is 2.74. The molecule has 0 aromatic heterocycles. The van der Waals surface area contributed by atoms with Gasteiger partial charge in [0.15, 0.2) is 0 Å². The normalized spacial score (nSPS) is 20.6. The molecule has 0 radical (unpaired) electrons. The monoisotopic (exact) mass is 284 g/mol. The molecule has 1 aliphatic rings. The zero-order valence-corrected chi connectivity index (χ0v) is 12.6. The van der Waals surface area contributed by atoms with Crippen molar-refractivity contribution in [3.8, 4) is 0 Å². The van der Waals surface area contributed by atoms with E-state index in [0.717, 1.165) is 6.42 Å². The van der Waals surface area contributed by atoms with Crippen molar-refractivity contribution in [3.63, 3.8) is 0 Å². The van der Waals surface area contributed by atoms with Crippen molar-refractivity contribution >= 4 is 17.8 Å². The first-order chi connectivity index (χ1) is 9.11. The zero-order valence-electron chi connectivity index (χ0n) is 12.6. The first kappa shape index (κ1) is 16.5. The highest BCUT2D eigenvalue weighted by Crippen LogP contribution is 2.24. The summed E-state index contributed by atoms with van der Waals surface area (Å²) in [4.78, 5) is 36.6. The number of carbonyl (C=O) groups excluding carboxylic acids is 2. The highest BCUT2D eigenvalue weighted by molar-refractivity contribution is 5.90. The standard InChI is InChI=1S/C14H24N2O4/c1-9(13(19)20)15-12(18)10-6-5-7-16(10)11(17)8-14(2,3)4/h9-10H,5-8H2,1-4H3,(H,15,18)(H,19,20)/t9-,10?/m0/s1. The van der Waals surface area contributed by atoms with Crippen LogP contribution in [0.15, 0.2) is 0 Å². The van der Waals surface area contributed by atoms with Crippen LogP contribution >= 0.6 is 0 Å². The van der Waals surface area contributed by atoms with E-state index < -0.39 is 18.1 Å². The van der Waals surface area contributed by atoms with Gasteiger partial charge in [0.1, 0.15) is 12.1 Å². The van der Waals surface area contributed by atoms with E-state index in [9.17, 15) is 14.4 Å². The Morgan fingerprint density at radius 3 is 2.45 bits per heavy atom. The number of amides is 2. The number of hydrogen-bond acceptors (Lipinski definition) is 3. The quantitative estimate of drug-likeness (QED) is 0.806. The topological polar surface area (TPSA) is 86.7 Å². The van der Waals surface area contributed by atoms with Crippen molar-refractivity contribution in [2.75, 3.05) is 6.54 Å². The van der Waals surface area contributed by atoms with Crippen LogP contribution in [0.5, 0.6) is 0 Å². The first-order valence-electron chi connectivity index (χ1n) is 6.94. The molecule has 6 nitrogen and oxygen atoms in total. The summed E-state index contributed by atoms with van der Waals surface area (Å²) in [6, 6.07) is -1.48. The van der Waals surface area contributed by atoms with E-state index in [1.165, 1.54) is 6.92 Å². The number of aliphatic carboxylic acids is 1. The smallest absolute Gasteiger partial charge is 0.325 e. The molecule has 1 saturated heterocycles. The molecule has 0 bridgehead atoms. The van der Waals surface area contributed by atoms with Crippen LogP contribution in [-0.4, -0.2) is 46.4 Å². The Hall–Kier alpha value is -1.59. The van der Waals surface area contributed by atoms with Gasteiger partial charge in [-0.1, -0.05) is 20.8 Å². The second kappa shape index (κ2) is 6.24. The van der Waals surface area contributed by atoms with Gasteiger partial charge >= 0.3 is 5.97 Å². The fourth-order valence-electron chi connectivity index (χ4n) is 2.26. The van der Waals surface area contributed by atoms with Crippen LogP contribution < -0.4 is 5.32 Å². The van der Waals surface area contributed by atoms with Crippen LogP contribution in [0.3, 0.4) is 0 Å². The highest BCUT2D eigenvalue weighted by Gasteiger charge is 2.36. The maximum absolute atomic E-state index is 12.2. The van der Waals surface area contributed by atoms with Crippen LogP contribution in [0.1, 0.15) is 47.0 Å². The van der Waals surface area contributed by atoms with E-state index in [0.29, 0.717) is 19.4 Å². The lowest BCUT2D eigenvalue weighted by atomic mass is 9.91. The fourth-order valence-corrected chi connectivity index (χ4v) is 2.26. The lowest BCUT2D eigenvalue weighted by molar-refractivity contribution is -0.143. The maximum Gasteiger partial charge on any atom is 0.325 e. The molecule has 1 aliphatic heterocycles. The summed E-state index contributed by atoms with van der Waals surface area (Å²) in [6.07, 6.45) is 1.74. The Morgan fingerprint density at radius 2 is 1.95 bits per heavy atom. The van der Waals surface area contributed by atoms with Gasteiger partial charge in [-0.2, -0.15) is 0 Å². The summed E-state index contributed by atoms with van der Waals surface area (Å²) in [6.45, 7) is 7.90. The maximum atomic E-state index is 12.2. The third kappa shape index (κ3) is 4.51. The molecule has 1 unspecified atom stereocenters. The fraction of sp³-hybridized carbons (Fsp3) is 0.786. The predicted molar refractivity (Wildman–Crippen MR) is 74.0 cm³/mol. The predicted octanol–water partition coefficient (Wildman–Crippen LogP) is 1.00. The van der Waals surface area contributed by atoms with Crippen molar-refractivity contribution in [1.29, 1.82) is 0 Å². The number of hydrogen-bond donors (Lipinski definition) is 2. The molecule has 0 aromatic rings. The highest BCUT2D eigenvalue weighted by atomic mass is 16.4. The average molecular weight is 284 g/mol. The second-order valence-corrected chi connectivity index (χ2v) is 6.55. The number of carboxylic acids is 1. The third-order valence-electron chi connectivity index (χ3n) is 3.29. The molecular weight excluding hydrogens is 260 g/mol. The summed E-state index contributed by atoms with van der Waals surface area (Å²) >= 11 is 0. The van der Waals surface area contributed by atoms with E-state index in [-0.39, 0.29) is 17.2 Å². The van der Waals surface area contributed by atoms with Gasteiger partial charge in [-0.3, -0.25) is 14.4 Å². The molecule has 114 valence electrons. The number of nitrogens with zero attached hydrogens (tertiary/aromatic N) is 1. The minimum absolute atomic E-state index is 0.0434. The largest absolute Gasteiger partial charge is 0.480 e. The lowest BCUT2D eigenvalue weighted by Crippen LogP contribution is -2.50. The summed E-state index contributed by atoms with van der Waals surface area (Å²) in [5.41, 5.74) is -0.130. The minimum Gasteiger partial charge on any atom is -0.480 e. The van der Waals surface area contributed by atoms with Gasteiger partial charge in [0.25, 0.3) is 0 Å². The van der Waals surface area contributed by atoms with Crippen LogP contribution in [0, 0.1) is 5.41 Å². The Morgan fingerprint density at radius 1 is 1.35 bits per heavy atom. The van der Waals surface area contributed by atoms with E-state index in [1.807, 2.05) is 20.8 Å². The van der Waals surface area contributed by atoms with Crippen LogP contribution in [0.25, 0.3) is 0 Å². The number of rotatable bonds is 4. The number of likely N-dealkylation sites (tertiary alicyclic amines) is 1. The molecule has 20 heavy (non-hydrogen) atoms. The zero-order chi connectivity index (χ0) is 15.5. The molecule has 2 atom stereocenters. The van der Waals surface area contributed by atoms with Crippen molar-refractivity contribution in [2.24, 2.45) is 5.41 Å². The van der Waals surface area contributed by atoms with Crippen molar-refractivity contribution < 1.29 is 19.5 Å². The molecule has 2 N–H and O–H groups in total. The van der Waals surface area contributed by atoms with Gasteiger partial charge in [-0.15, -0.1) is 0 Å².